The number of nitrogens with one attached hydrogen (secondary N) is 1. The highest BCUT2D eigenvalue weighted by Gasteiger charge is 2.20. The molecule has 1 fully saturated rings. The number of halogens is 1. The molecular weight excluding hydrogens is 212 g/mol. The number of hydrogen-bond donors (Lipinski definition) is 1. The third kappa shape index (κ3) is 1.62. The monoisotopic (exact) mass is 222 g/mol. The third-order valence-electron chi connectivity index (χ3n) is 2.76. The number of nitrogens with zero attached hydrogens (tertiary/aromatic N) is 1. The van der Waals surface area contributed by atoms with Crippen molar-refractivity contribution in [3.63, 3.8) is 0 Å². The topological polar surface area (TPSA) is 38.1 Å². The molecule has 4 heteroatoms. The number of pyridine rings is 1. The number of rotatable bonds is 1. The fourth-order valence-electron chi connectivity index (χ4n) is 2.02. The molecular formula is C11H11ClN2O. The van der Waals surface area contributed by atoms with Crippen molar-refractivity contribution >= 4 is 22.7 Å². The average Bonchev–Trinajstić information content (AvgIpc) is 2.84. The molecule has 1 aliphatic rings. The van der Waals surface area contributed by atoms with Crippen molar-refractivity contribution in [3.8, 4) is 0 Å². The Hall–Kier alpha value is -1.06. The van der Waals surface area contributed by atoms with Crippen LogP contribution in [-0.2, 0) is 0 Å². The number of hydrogen-bond acceptors (Lipinski definition) is 3. The predicted octanol–water partition coefficient (Wildman–Crippen LogP) is 2.91. The van der Waals surface area contributed by atoms with E-state index >= 15 is 0 Å². The Balaban J connectivity index is 2.05. The number of furan rings is 1. The van der Waals surface area contributed by atoms with E-state index in [0.29, 0.717) is 11.2 Å². The first-order valence-corrected chi connectivity index (χ1v) is 5.50. The molecule has 2 aromatic heterocycles. The lowest BCUT2D eigenvalue weighted by molar-refractivity contribution is 0.471. The van der Waals surface area contributed by atoms with Crippen LogP contribution in [-0.4, -0.2) is 11.5 Å². The highest BCUT2D eigenvalue weighted by Crippen LogP contribution is 2.28. The van der Waals surface area contributed by atoms with Crippen LogP contribution < -0.4 is 5.32 Å². The van der Waals surface area contributed by atoms with Gasteiger partial charge in [0.25, 0.3) is 0 Å². The van der Waals surface area contributed by atoms with E-state index in [0.717, 1.165) is 29.8 Å². The smallest absolute Gasteiger partial charge is 0.152 e. The van der Waals surface area contributed by atoms with Crippen LogP contribution >= 0.6 is 11.6 Å². The molecule has 2 aromatic rings. The highest BCUT2D eigenvalue weighted by molar-refractivity contribution is 6.29. The molecule has 0 radical (unpaired) electrons. The second-order valence-electron chi connectivity index (χ2n) is 3.82. The largest absolute Gasteiger partial charge is 0.458 e. The van der Waals surface area contributed by atoms with Crippen molar-refractivity contribution in [2.24, 2.45) is 0 Å². The normalized spacial score (nSPS) is 21.3. The molecule has 1 atom stereocenters. The van der Waals surface area contributed by atoms with Crippen LogP contribution in [0, 0.1) is 0 Å². The van der Waals surface area contributed by atoms with Gasteiger partial charge in [-0.25, -0.2) is 4.98 Å². The van der Waals surface area contributed by atoms with Gasteiger partial charge in [-0.2, -0.15) is 0 Å². The minimum atomic E-state index is 0.345. The summed E-state index contributed by atoms with van der Waals surface area (Å²) in [5, 5.41) is 3.90. The first-order chi connectivity index (χ1) is 7.33. The van der Waals surface area contributed by atoms with E-state index in [2.05, 4.69) is 10.3 Å². The van der Waals surface area contributed by atoms with E-state index < -0.39 is 0 Å². The van der Waals surface area contributed by atoms with Crippen LogP contribution in [0.3, 0.4) is 0 Å². The molecule has 0 aromatic carbocycles. The van der Waals surface area contributed by atoms with Crippen LogP contribution in [0.1, 0.15) is 24.6 Å². The quantitative estimate of drug-likeness (QED) is 0.754. The maximum atomic E-state index is 5.82. The third-order valence-corrected chi connectivity index (χ3v) is 2.97. The summed E-state index contributed by atoms with van der Waals surface area (Å²) in [5.74, 6) is 0.970. The zero-order chi connectivity index (χ0) is 10.3. The van der Waals surface area contributed by atoms with Gasteiger partial charge in [0.05, 0.1) is 6.04 Å². The van der Waals surface area contributed by atoms with Gasteiger partial charge in [-0.05, 0) is 31.5 Å². The van der Waals surface area contributed by atoms with Gasteiger partial charge >= 0.3 is 0 Å². The summed E-state index contributed by atoms with van der Waals surface area (Å²) in [6.07, 6.45) is 2.34. The zero-order valence-electron chi connectivity index (χ0n) is 8.16. The Morgan fingerprint density at radius 2 is 2.40 bits per heavy atom. The minimum Gasteiger partial charge on any atom is -0.458 e. The Labute approximate surface area is 92.4 Å². The predicted molar refractivity (Wildman–Crippen MR) is 59.0 cm³/mol. The summed E-state index contributed by atoms with van der Waals surface area (Å²) in [5.41, 5.74) is 1.65. The Bertz CT molecular complexity index is 488. The van der Waals surface area contributed by atoms with Crippen molar-refractivity contribution in [1.82, 2.24) is 10.3 Å². The maximum absolute atomic E-state index is 5.82. The SMILES string of the molecule is Clc1ccc2oc(C3CCCN3)cc2n1. The van der Waals surface area contributed by atoms with Gasteiger partial charge < -0.3 is 9.73 Å². The summed E-state index contributed by atoms with van der Waals surface area (Å²) < 4.78 is 5.72. The molecule has 0 amide bonds. The van der Waals surface area contributed by atoms with Gasteiger partial charge in [0.1, 0.15) is 16.4 Å². The van der Waals surface area contributed by atoms with E-state index in [4.69, 9.17) is 16.0 Å². The van der Waals surface area contributed by atoms with Crippen molar-refractivity contribution in [3.05, 3.63) is 29.1 Å². The van der Waals surface area contributed by atoms with Crippen molar-refractivity contribution in [2.75, 3.05) is 6.54 Å². The lowest BCUT2D eigenvalue weighted by Crippen LogP contribution is -2.11. The van der Waals surface area contributed by atoms with Crippen molar-refractivity contribution in [2.45, 2.75) is 18.9 Å². The molecule has 15 heavy (non-hydrogen) atoms. The highest BCUT2D eigenvalue weighted by atomic mass is 35.5. The van der Waals surface area contributed by atoms with Crippen molar-refractivity contribution < 1.29 is 4.42 Å². The Morgan fingerprint density at radius 1 is 1.47 bits per heavy atom. The molecule has 3 heterocycles. The van der Waals surface area contributed by atoms with Gasteiger partial charge in [-0.1, -0.05) is 11.6 Å². The fourth-order valence-corrected chi connectivity index (χ4v) is 2.17. The molecule has 1 unspecified atom stereocenters. The van der Waals surface area contributed by atoms with E-state index in [1.54, 1.807) is 6.07 Å². The maximum Gasteiger partial charge on any atom is 0.152 e. The molecule has 78 valence electrons. The molecule has 0 aliphatic carbocycles. The van der Waals surface area contributed by atoms with Gasteiger partial charge in [-0.3, -0.25) is 0 Å². The first-order valence-electron chi connectivity index (χ1n) is 5.12. The molecule has 0 spiro atoms. The molecule has 1 saturated heterocycles. The average molecular weight is 223 g/mol. The molecule has 3 rings (SSSR count). The summed E-state index contributed by atoms with van der Waals surface area (Å²) in [6, 6.07) is 5.94. The second-order valence-corrected chi connectivity index (χ2v) is 4.20. The van der Waals surface area contributed by atoms with Crippen LogP contribution in [0.25, 0.3) is 11.1 Å². The Morgan fingerprint density at radius 3 is 3.20 bits per heavy atom. The van der Waals surface area contributed by atoms with Crippen LogP contribution in [0.4, 0.5) is 0 Å². The van der Waals surface area contributed by atoms with E-state index in [1.165, 1.54) is 6.42 Å². The van der Waals surface area contributed by atoms with Gasteiger partial charge in [0.2, 0.25) is 0 Å². The summed E-state index contributed by atoms with van der Waals surface area (Å²) >= 11 is 5.82. The van der Waals surface area contributed by atoms with Crippen LogP contribution in [0.15, 0.2) is 22.6 Å². The number of fused-ring (bicyclic) bond motifs is 1. The molecule has 1 N–H and O–H groups in total. The molecule has 0 saturated carbocycles. The molecule has 1 aliphatic heterocycles. The van der Waals surface area contributed by atoms with E-state index in [9.17, 15) is 0 Å². The summed E-state index contributed by atoms with van der Waals surface area (Å²) in [6.45, 7) is 1.07. The lowest BCUT2D eigenvalue weighted by atomic mass is 10.2. The van der Waals surface area contributed by atoms with Gasteiger partial charge in [0, 0.05) is 6.07 Å². The standard InChI is InChI=1S/C11H11ClN2O/c12-11-4-3-9-8(14-11)6-10(15-9)7-2-1-5-13-7/h3-4,6-7,13H,1-2,5H2. The molecule has 3 nitrogen and oxygen atoms in total. The van der Waals surface area contributed by atoms with Crippen LogP contribution in [0.5, 0.6) is 0 Å². The zero-order valence-corrected chi connectivity index (χ0v) is 8.92. The molecule has 0 bridgehead atoms. The van der Waals surface area contributed by atoms with Crippen LogP contribution in [0.2, 0.25) is 5.15 Å². The van der Waals surface area contributed by atoms with E-state index in [1.807, 2.05) is 12.1 Å². The van der Waals surface area contributed by atoms with Gasteiger partial charge in [0.15, 0.2) is 5.58 Å². The van der Waals surface area contributed by atoms with Gasteiger partial charge in [-0.15, -0.1) is 0 Å². The van der Waals surface area contributed by atoms with E-state index in [-0.39, 0.29) is 0 Å². The Kier molecular flexibility index (Phi) is 2.15. The first kappa shape index (κ1) is 9.19. The fraction of sp³-hybridized carbons (Fsp3) is 0.364. The summed E-state index contributed by atoms with van der Waals surface area (Å²) in [4.78, 5) is 4.21. The second kappa shape index (κ2) is 3.51. The lowest BCUT2D eigenvalue weighted by Gasteiger charge is -2.04. The minimum absolute atomic E-state index is 0.345. The number of aromatic nitrogens is 1. The van der Waals surface area contributed by atoms with Crippen molar-refractivity contribution in [1.29, 1.82) is 0 Å². The summed E-state index contributed by atoms with van der Waals surface area (Å²) in [7, 11) is 0.